The molecule has 3 N–H and O–H groups in total. The quantitative estimate of drug-likeness (QED) is 0.804. The molecule has 0 aromatic carbocycles. The molecule has 1 heterocycles. The Balaban J connectivity index is 2.02. The minimum Gasteiger partial charge on any atom is -0.384 e. The van der Waals surface area contributed by atoms with Crippen LogP contribution in [0.1, 0.15) is 35.4 Å². The summed E-state index contributed by atoms with van der Waals surface area (Å²) in [5.74, 6) is 5.28. The first-order valence-electron chi connectivity index (χ1n) is 6.90. The van der Waals surface area contributed by atoms with Gasteiger partial charge >= 0.3 is 0 Å². The van der Waals surface area contributed by atoms with Gasteiger partial charge in [-0.15, -0.1) is 11.3 Å². The SMILES string of the molecule is NC(=O)CN(Cc1ccc(C#CCO)s1)C1CCCC1. The van der Waals surface area contributed by atoms with Crippen molar-refractivity contribution in [3.05, 3.63) is 21.9 Å². The van der Waals surface area contributed by atoms with E-state index in [1.165, 1.54) is 17.7 Å². The van der Waals surface area contributed by atoms with Gasteiger partial charge in [0.25, 0.3) is 0 Å². The molecule has 1 aliphatic rings. The first-order chi connectivity index (χ1) is 9.69. The second-order valence-corrected chi connectivity index (χ2v) is 6.20. The molecule has 0 bridgehead atoms. The number of nitrogens with zero attached hydrogens (tertiary/aromatic N) is 1. The fourth-order valence-corrected chi connectivity index (χ4v) is 3.55. The Morgan fingerprint density at radius 2 is 2.20 bits per heavy atom. The van der Waals surface area contributed by atoms with Crippen molar-refractivity contribution in [1.29, 1.82) is 0 Å². The largest absolute Gasteiger partial charge is 0.384 e. The van der Waals surface area contributed by atoms with Crippen molar-refractivity contribution in [2.24, 2.45) is 5.73 Å². The fraction of sp³-hybridized carbons (Fsp3) is 0.533. The van der Waals surface area contributed by atoms with Crippen LogP contribution in [0.2, 0.25) is 0 Å². The molecule has 1 aliphatic carbocycles. The van der Waals surface area contributed by atoms with Crippen molar-refractivity contribution in [3.8, 4) is 11.8 Å². The lowest BCUT2D eigenvalue weighted by Crippen LogP contribution is -2.39. The van der Waals surface area contributed by atoms with Crippen molar-refractivity contribution in [2.75, 3.05) is 13.2 Å². The summed E-state index contributed by atoms with van der Waals surface area (Å²) < 4.78 is 0. The maximum Gasteiger partial charge on any atom is 0.231 e. The van der Waals surface area contributed by atoms with Gasteiger partial charge in [0, 0.05) is 17.5 Å². The monoisotopic (exact) mass is 292 g/mol. The van der Waals surface area contributed by atoms with Crippen LogP contribution in [0.4, 0.5) is 0 Å². The predicted octanol–water partition coefficient (Wildman–Crippen LogP) is 1.32. The smallest absolute Gasteiger partial charge is 0.231 e. The van der Waals surface area contributed by atoms with Gasteiger partial charge in [-0.3, -0.25) is 9.69 Å². The number of amides is 1. The third-order valence-electron chi connectivity index (χ3n) is 3.51. The van der Waals surface area contributed by atoms with E-state index in [0.29, 0.717) is 12.6 Å². The van der Waals surface area contributed by atoms with E-state index in [0.717, 1.165) is 24.3 Å². The van der Waals surface area contributed by atoms with Crippen LogP contribution in [0.3, 0.4) is 0 Å². The van der Waals surface area contributed by atoms with E-state index in [9.17, 15) is 4.79 Å². The molecule has 108 valence electrons. The summed E-state index contributed by atoms with van der Waals surface area (Å²) in [5.41, 5.74) is 5.36. The number of carbonyl (C=O) groups is 1. The highest BCUT2D eigenvalue weighted by molar-refractivity contribution is 7.12. The van der Waals surface area contributed by atoms with Crippen LogP contribution in [0.5, 0.6) is 0 Å². The second kappa shape index (κ2) is 7.44. The fourth-order valence-electron chi connectivity index (χ4n) is 2.64. The normalized spacial score (nSPS) is 15.3. The highest BCUT2D eigenvalue weighted by atomic mass is 32.1. The van der Waals surface area contributed by atoms with Crippen molar-refractivity contribution >= 4 is 17.2 Å². The molecule has 0 spiro atoms. The van der Waals surface area contributed by atoms with Gasteiger partial charge in [0.05, 0.1) is 11.4 Å². The van der Waals surface area contributed by atoms with Crippen LogP contribution >= 0.6 is 11.3 Å². The Morgan fingerprint density at radius 1 is 1.45 bits per heavy atom. The molecule has 1 fully saturated rings. The standard InChI is InChI=1S/C15H20N2O2S/c16-15(19)11-17(12-4-1-2-5-12)10-14-8-7-13(20-14)6-3-9-18/h7-8,12,18H,1-2,4-5,9-11H2,(H2,16,19). The summed E-state index contributed by atoms with van der Waals surface area (Å²) in [6.45, 7) is 0.947. The zero-order valence-electron chi connectivity index (χ0n) is 11.5. The lowest BCUT2D eigenvalue weighted by molar-refractivity contribution is -0.119. The molecule has 20 heavy (non-hydrogen) atoms. The van der Waals surface area contributed by atoms with Gasteiger partial charge < -0.3 is 10.8 Å². The number of hydrogen-bond donors (Lipinski definition) is 2. The number of thiophene rings is 1. The number of carbonyl (C=O) groups excluding carboxylic acids is 1. The van der Waals surface area contributed by atoms with Gasteiger partial charge in [0.1, 0.15) is 6.61 Å². The van der Waals surface area contributed by atoms with E-state index >= 15 is 0 Å². The topological polar surface area (TPSA) is 66.6 Å². The minimum atomic E-state index is -0.270. The first kappa shape index (κ1) is 15.0. The molecule has 0 unspecified atom stereocenters. The summed E-state index contributed by atoms with van der Waals surface area (Å²) in [6, 6.07) is 4.46. The number of aliphatic hydroxyl groups is 1. The van der Waals surface area contributed by atoms with Gasteiger partial charge in [-0.2, -0.15) is 0 Å². The summed E-state index contributed by atoms with van der Waals surface area (Å²) in [4.78, 5) is 15.5. The molecule has 5 heteroatoms. The Hall–Kier alpha value is -1.35. The molecule has 0 radical (unpaired) electrons. The molecule has 0 atom stereocenters. The van der Waals surface area contributed by atoms with Crippen molar-refractivity contribution in [1.82, 2.24) is 4.90 Å². The van der Waals surface area contributed by atoms with Crippen LogP contribution < -0.4 is 5.73 Å². The first-order valence-corrected chi connectivity index (χ1v) is 7.71. The number of aliphatic hydroxyl groups excluding tert-OH is 1. The van der Waals surface area contributed by atoms with E-state index in [4.69, 9.17) is 10.8 Å². The number of hydrogen-bond acceptors (Lipinski definition) is 4. The molecule has 0 aliphatic heterocycles. The van der Waals surface area contributed by atoms with Crippen LogP contribution in [0, 0.1) is 11.8 Å². The summed E-state index contributed by atoms with van der Waals surface area (Å²) >= 11 is 1.61. The van der Waals surface area contributed by atoms with Gasteiger partial charge in [-0.25, -0.2) is 0 Å². The summed E-state index contributed by atoms with van der Waals surface area (Å²) in [5, 5.41) is 8.69. The Kier molecular flexibility index (Phi) is 5.60. The Morgan fingerprint density at radius 3 is 2.85 bits per heavy atom. The second-order valence-electron chi connectivity index (χ2n) is 5.04. The van der Waals surface area contributed by atoms with E-state index in [1.807, 2.05) is 12.1 Å². The zero-order chi connectivity index (χ0) is 14.4. The lowest BCUT2D eigenvalue weighted by atomic mass is 10.2. The van der Waals surface area contributed by atoms with Crippen molar-refractivity contribution in [2.45, 2.75) is 38.3 Å². The van der Waals surface area contributed by atoms with E-state index in [1.54, 1.807) is 11.3 Å². The Bertz CT molecular complexity index is 509. The van der Waals surface area contributed by atoms with Crippen LogP contribution in [-0.2, 0) is 11.3 Å². The predicted molar refractivity (Wildman–Crippen MR) is 80.1 cm³/mol. The molecule has 0 saturated heterocycles. The average Bonchev–Trinajstić information content (AvgIpc) is 3.06. The zero-order valence-corrected chi connectivity index (χ0v) is 12.3. The van der Waals surface area contributed by atoms with Gasteiger partial charge in [0.15, 0.2) is 0 Å². The number of primary amides is 1. The lowest BCUT2D eigenvalue weighted by Gasteiger charge is -2.26. The van der Waals surface area contributed by atoms with Gasteiger partial charge in [0.2, 0.25) is 5.91 Å². The number of nitrogens with two attached hydrogens (primary N) is 1. The molecule has 1 saturated carbocycles. The average molecular weight is 292 g/mol. The van der Waals surface area contributed by atoms with E-state index in [-0.39, 0.29) is 12.5 Å². The highest BCUT2D eigenvalue weighted by Gasteiger charge is 2.24. The van der Waals surface area contributed by atoms with Gasteiger partial charge in [-0.05, 0) is 25.0 Å². The Labute approximate surface area is 123 Å². The maximum absolute atomic E-state index is 11.2. The maximum atomic E-state index is 11.2. The number of rotatable bonds is 5. The van der Waals surface area contributed by atoms with Crippen LogP contribution in [0.15, 0.2) is 12.1 Å². The summed E-state index contributed by atoms with van der Waals surface area (Å²) in [6.07, 6.45) is 4.76. The third-order valence-corrected chi connectivity index (χ3v) is 4.50. The summed E-state index contributed by atoms with van der Waals surface area (Å²) in [7, 11) is 0. The minimum absolute atomic E-state index is 0.122. The molecular formula is C15H20N2O2S. The van der Waals surface area contributed by atoms with Crippen molar-refractivity contribution in [3.63, 3.8) is 0 Å². The highest BCUT2D eigenvalue weighted by Crippen LogP contribution is 2.26. The molecule has 1 aromatic heterocycles. The molecular weight excluding hydrogens is 272 g/mol. The van der Waals surface area contributed by atoms with Crippen molar-refractivity contribution < 1.29 is 9.90 Å². The van der Waals surface area contributed by atoms with Crippen LogP contribution in [-0.4, -0.2) is 35.1 Å². The van der Waals surface area contributed by atoms with E-state index in [2.05, 4.69) is 16.7 Å². The third kappa shape index (κ3) is 4.34. The molecule has 2 rings (SSSR count). The molecule has 1 amide bonds. The molecule has 4 nitrogen and oxygen atoms in total. The van der Waals surface area contributed by atoms with Gasteiger partial charge in [-0.1, -0.05) is 24.7 Å². The molecule has 1 aromatic rings. The van der Waals surface area contributed by atoms with Crippen LogP contribution in [0.25, 0.3) is 0 Å². The van der Waals surface area contributed by atoms with E-state index < -0.39 is 0 Å².